The molecule has 0 saturated carbocycles. The van der Waals surface area contributed by atoms with Crippen LogP contribution >= 0.6 is 11.3 Å². The normalized spacial score (nSPS) is 10.5. The first-order chi connectivity index (χ1) is 6.20. The van der Waals surface area contributed by atoms with Crippen LogP contribution in [0.2, 0.25) is 0 Å². The highest BCUT2D eigenvalue weighted by atomic mass is 32.1. The van der Waals surface area contributed by atoms with Crippen LogP contribution in [0.15, 0.2) is 0 Å². The number of fused-ring (bicyclic) bond motifs is 1. The summed E-state index contributed by atoms with van der Waals surface area (Å²) in [5, 5.41) is 3.66. The maximum Gasteiger partial charge on any atom is 0.224 e. The van der Waals surface area contributed by atoms with Crippen LogP contribution in [-0.2, 0) is 0 Å². The Bertz CT molecular complexity index is 450. The van der Waals surface area contributed by atoms with E-state index < -0.39 is 0 Å². The van der Waals surface area contributed by atoms with E-state index in [-0.39, 0.29) is 5.95 Å². The molecule has 0 aliphatic heterocycles. The van der Waals surface area contributed by atoms with Crippen LogP contribution in [-0.4, -0.2) is 22.0 Å². The van der Waals surface area contributed by atoms with Crippen molar-refractivity contribution in [2.24, 2.45) is 0 Å². The van der Waals surface area contributed by atoms with Gasteiger partial charge in [0.25, 0.3) is 0 Å². The molecule has 13 heavy (non-hydrogen) atoms. The van der Waals surface area contributed by atoms with Crippen molar-refractivity contribution in [1.29, 1.82) is 0 Å². The van der Waals surface area contributed by atoms with E-state index in [1.165, 1.54) is 11.3 Å². The van der Waals surface area contributed by atoms with Gasteiger partial charge in [0, 0.05) is 7.05 Å². The van der Waals surface area contributed by atoms with Crippen molar-refractivity contribution in [3.8, 4) is 0 Å². The third-order valence-corrected chi connectivity index (χ3v) is 2.60. The van der Waals surface area contributed by atoms with E-state index in [1.54, 1.807) is 7.05 Å². The quantitative estimate of drug-likeness (QED) is 0.606. The van der Waals surface area contributed by atoms with Gasteiger partial charge in [-0.05, 0) is 0 Å². The second-order valence-corrected chi connectivity index (χ2v) is 3.39. The molecular weight excluding hydrogens is 188 g/mol. The molecule has 0 radical (unpaired) electrons. The summed E-state index contributed by atoms with van der Waals surface area (Å²) >= 11 is 1.40. The number of nitrogens with zero attached hydrogens (tertiary/aromatic N) is 3. The van der Waals surface area contributed by atoms with Gasteiger partial charge in [-0.2, -0.15) is 15.0 Å². The number of nitrogens with two attached hydrogens (primary N) is 2. The lowest BCUT2D eigenvalue weighted by molar-refractivity contribution is 1.22. The fourth-order valence-electron chi connectivity index (χ4n) is 0.969. The highest BCUT2D eigenvalue weighted by molar-refractivity contribution is 7.22. The van der Waals surface area contributed by atoms with Gasteiger partial charge < -0.3 is 16.8 Å². The maximum atomic E-state index is 5.64. The molecule has 2 aromatic heterocycles. The Morgan fingerprint density at radius 2 is 2.00 bits per heavy atom. The lowest BCUT2D eigenvalue weighted by Gasteiger charge is -1.93. The topological polar surface area (TPSA) is 103 Å². The molecule has 0 aromatic carbocycles. The minimum absolute atomic E-state index is 0.151. The summed E-state index contributed by atoms with van der Waals surface area (Å²) in [4.78, 5) is 11.9. The van der Waals surface area contributed by atoms with Gasteiger partial charge in [-0.25, -0.2) is 0 Å². The fraction of sp³-hybridized carbons (Fsp3) is 0.167. The minimum atomic E-state index is 0.151. The lowest BCUT2D eigenvalue weighted by Crippen LogP contribution is -1.99. The largest absolute Gasteiger partial charge is 0.382 e. The third-order valence-electron chi connectivity index (χ3n) is 1.51. The molecule has 0 amide bonds. The summed E-state index contributed by atoms with van der Waals surface area (Å²) in [6.45, 7) is 0. The Hall–Kier alpha value is -1.63. The molecule has 0 fully saturated rings. The van der Waals surface area contributed by atoms with E-state index in [0.717, 1.165) is 9.83 Å². The van der Waals surface area contributed by atoms with Crippen LogP contribution in [0, 0.1) is 0 Å². The summed E-state index contributed by atoms with van der Waals surface area (Å²) in [5.74, 6) is 0.527. The second-order valence-electron chi connectivity index (χ2n) is 2.39. The third kappa shape index (κ3) is 1.22. The van der Waals surface area contributed by atoms with Gasteiger partial charge in [0.05, 0.1) is 0 Å². The molecule has 7 heteroatoms. The molecule has 0 atom stereocenters. The van der Waals surface area contributed by atoms with Gasteiger partial charge >= 0.3 is 0 Å². The fourth-order valence-corrected chi connectivity index (χ4v) is 1.73. The lowest BCUT2D eigenvalue weighted by atomic mass is 10.5. The zero-order valence-electron chi connectivity index (χ0n) is 6.90. The molecule has 6 nitrogen and oxygen atoms in total. The Balaban J connectivity index is 2.75. The number of rotatable bonds is 1. The maximum absolute atomic E-state index is 5.64. The first-order valence-corrected chi connectivity index (χ1v) is 4.39. The van der Waals surface area contributed by atoms with Crippen molar-refractivity contribution in [3.63, 3.8) is 0 Å². The average molecular weight is 196 g/mol. The van der Waals surface area contributed by atoms with Crippen molar-refractivity contribution < 1.29 is 0 Å². The molecule has 0 bridgehead atoms. The number of aromatic nitrogens is 3. The van der Waals surface area contributed by atoms with Crippen molar-refractivity contribution in [2.75, 3.05) is 23.8 Å². The molecule has 0 unspecified atom stereocenters. The predicted molar refractivity (Wildman–Crippen MR) is 53.6 cm³/mol. The molecule has 0 aliphatic rings. The highest BCUT2D eigenvalue weighted by Gasteiger charge is 2.08. The summed E-state index contributed by atoms with van der Waals surface area (Å²) in [5.41, 5.74) is 11.6. The van der Waals surface area contributed by atoms with Crippen molar-refractivity contribution in [2.45, 2.75) is 0 Å². The van der Waals surface area contributed by atoms with Crippen LogP contribution in [0.4, 0.5) is 16.9 Å². The number of nitrogen functional groups attached to an aromatic ring is 2. The van der Waals surface area contributed by atoms with Crippen molar-refractivity contribution in [3.05, 3.63) is 0 Å². The van der Waals surface area contributed by atoms with Gasteiger partial charge in [-0.3, -0.25) is 0 Å². The predicted octanol–water partition coefficient (Wildman–Crippen LogP) is 0.292. The Labute approximate surface area is 78.0 Å². The van der Waals surface area contributed by atoms with E-state index in [2.05, 4.69) is 20.3 Å². The molecule has 0 spiro atoms. The molecule has 5 N–H and O–H groups in total. The van der Waals surface area contributed by atoms with Gasteiger partial charge in [0.1, 0.15) is 10.5 Å². The minimum Gasteiger partial charge on any atom is -0.382 e. The number of nitrogens with one attached hydrogen (secondary N) is 1. The Morgan fingerprint density at radius 1 is 1.23 bits per heavy atom. The smallest absolute Gasteiger partial charge is 0.224 e. The van der Waals surface area contributed by atoms with E-state index in [0.29, 0.717) is 11.5 Å². The molecule has 0 saturated heterocycles. The zero-order valence-corrected chi connectivity index (χ0v) is 7.72. The van der Waals surface area contributed by atoms with Crippen molar-refractivity contribution in [1.82, 2.24) is 15.0 Å². The van der Waals surface area contributed by atoms with Crippen LogP contribution in [0.25, 0.3) is 10.3 Å². The monoisotopic (exact) mass is 196 g/mol. The number of hydrogen-bond acceptors (Lipinski definition) is 7. The molecule has 2 rings (SSSR count). The molecule has 2 heterocycles. The molecular formula is C6H8N6S. The first kappa shape index (κ1) is 7.99. The van der Waals surface area contributed by atoms with Gasteiger partial charge in [-0.15, -0.1) is 0 Å². The Morgan fingerprint density at radius 3 is 2.69 bits per heavy atom. The molecule has 68 valence electrons. The van der Waals surface area contributed by atoms with Crippen LogP contribution < -0.4 is 16.8 Å². The summed E-state index contributed by atoms with van der Waals surface area (Å²) < 4.78 is 0.763. The second kappa shape index (κ2) is 2.70. The van der Waals surface area contributed by atoms with Crippen LogP contribution in [0.5, 0.6) is 0 Å². The van der Waals surface area contributed by atoms with Crippen LogP contribution in [0.3, 0.4) is 0 Å². The zero-order chi connectivity index (χ0) is 9.42. The van der Waals surface area contributed by atoms with Gasteiger partial charge in [0.2, 0.25) is 5.95 Å². The number of thiazole rings is 1. The van der Waals surface area contributed by atoms with E-state index in [4.69, 9.17) is 11.5 Å². The average Bonchev–Trinajstić information content (AvgIpc) is 2.47. The van der Waals surface area contributed by atoms with E-state index in [9.17, 15) is 0 Å². The number of hydrogen-bond donors (Lipinski definition) is 3. The summed E-state index contributed by atoms with van der Waals surface area (Å²) in [7, 11) is 1.78. The van der Waals surface area contributed by atoms with Crippen molar-refractivity contribution >= 4 is 38.6 Å². The van der Waals surface area contributed by atoms with E-state index in [1.807, 2.05) is 0 Å². The number of anilines is 3. The molecule has 0 aliphatic carbocycles. The SMILES string of the molecule is CNc1nc2nc(N)nc(N)c2s1. The molecule has 2 aromatic rings. The van der Waals surface area contributed by atoms with E-state index >= 15 is 0 Å². The van der Waals surface area contributed by atoms with Gasteiger partial charge in [0.15, 0.2) is 10.8 Å². The summed E-state index contributed by atoms with van der Waals surface area (Å²) in [6.07, 6.45) is 0. The summed E-state index contributed by atoms with van der Waals surface area (Å²) in [6, 6.07) is 0. The first-order valence-electron chi connectivity index (χ1n) is 3.58. The van der Waals surface area contributed by atoms with Gasteiger partial charge in [-0.1, -0.05) is 11.3 Å². The Kier molecular flexibility index (Phi) is 1.66. The highest BCUT2D eigenvalue weighted by Crippen LogP contribution is 2.28. The standard InChI is InChI=1S/C6H8N6S/c1-9-6-12-4-2(13-6)3(7)10-5(8)11-4/h1H3,(H5,7,8,9,10,11,12). The van der Waals surface area contributed by atoms with Crippen LogP contribution in [0.1, 0.15) is 0 Å².